The molecule has 1 N–H and O–H groups in total. The van der Waals surface area contributed by atoms with Crippen LogP contribution in [0.15, 0.2) is 224 Å². The van der Waals surface area contributed by atoms with Crippen molar-refractivity contribution in [2.24, 2.45) is 0 Å². The maximum absolute atomic E-state index is 3.82. The molecule has 0 heterocycles. The van der Waals surface area contributed by atoms with Crippen LogP contribution in [0, 0.1) is 0 Å². The molecule has 0 aliphatic carbocycles. The summed E-state index contributed by atoms with van der Waals surface area (Å²) in [6.45, 7) is 13.9. The summed E-state index contributed by atoms with van der Waals surface area (Å²) in [5.41, 5.74) is 12.9. The zero-order valence-corrected chi connectivity index (χ0v) is 39.3. The van der Waals surface area contributed by atoms with Gasteiger partial charge in [-0.25, -0.2) is 0 Å². The van der Waals surface area contributed by atoms with Crippen LogP contribution in [0.4, 0.5) is 28.4 Å². The summed E-state index contributed by atoms with van der Waals surface area (Å²) in [5, 5.41) is 13.9. The van der Waals surface area contributed by atoms with Gasteiger partial charge in [0.15, 0.2) is 0 Å². The first-order chi connectivity index (χ1) is 32.5. The van der Waals surface area contributed by atoms with E-state index in [1.807, 2.05) is 0 Å². The molecule has 2 heteroatoms. The van der Waals surface area contributed by atoms with Gasteiger partial charge in [0.2, 0.25) is 0 Å². The predicted molar refractivity (Wildman–Crippen MR) is 288 cm³/mol. The Morgan fingerprint density at radius 2 is 0.627 bits per heavy atom. The Balaban J connectivity index is 1.02. The summed E-state index contributed by atoms with van der Waals surface area (Å²) < 4.78 is 0. The quantitative estimate of drug-likeness (QED) is 0.103. The van der Waals surface area contributed by atoms with E-state index in [4.69, 9.17) is 0 Å². The Morgan fingerprint density at radius 3 is 1.07 bits per heavy atom. The van der Waals surface area contributed by atoms with Gasteiger partial charge >= 0.3 is 0 Å². The maximum Gasteiger partial charge on any atom is 0.0540 e. The molecule has 0 atom stereocenters. The molecule has 11 aromatic rings. The number of benzene rings is 11. The first-order valence-corrected chi connectivity index (χ1v) is 23.7. The molecular weight excluding hydrogens is 809 g/mol. The summed E-state index contributed by atoms with van der Waals surface area (Å²) in [6, 6.07) is 82.8. The Bertz CT molecular complexity index is 3400. The highest BCUT2D eigenvalue weighted by atomic mass is 15.1. The standard InChI is InChI=1S/C65H56N2/c1-63(2,44-18-10-7-11-19-44)47-28-34-50(35-29-47)66-59-42-40-55-54-25-17-27-58-60(43-41-56(62(54)58)53-24-16-26-57(59)61(53)55)67(51-36-30-48(31-37-51)64(3,4)45-20-12-8-13-21-45)52-38-32-49(33-39-52)65(5,6)46-22-14-9-15-23-46/h7-43,66H,1-6H3. The third-order valence-corrected chi connectivity index (χ3v) is 14.9. The monoisotopic (exact) mass is 864 g/mol. The fourth-order valence-corrected chi connectivity index (χ4v) is 10.7. The van der Waals surface area contributed by atoms with Crippen molar-refractivity contribution in [3.63, 3.8) is 0 Å². The second-order valence-corrected chi connectivity index (χ2v) is 19.9. The Morgan fingerprint density at radius 1 is 0.284 bits per heavy atom. The van der Waals surface area contributed by atoms with Gasteiger partial charge < -0.3 is 10.2 Å². The second kappa shape index (κ2) is 16.3. The summed E-state index contributed by atoms with van der Waals surface area (Å²) in [7, 11) is 0. The van der Waals surface area contributed by atoms with Crippen LogP contribution in [0.2, 0.25) is 0 Å². The van der Waals surface area contributed by atoms with Crippen LogP contribution in [-0.2, 0) is 16.2 Å². The lowest BCUT2D eigenvalue weighted by Crippen LogP contribution is -2.19. The number of rotatable bonds is 11. The highest BCUT2D eigenvalue weighted by Gasteiger charge is 2.27. The molecule has 326 valence electrons. The zero-order valence-electron chi connectivity index (χ0n) is 39.3. The van der Waals surface area contributed by atoms with Crippen molar-refractivity contribution in [2.75, 3.05) is 10.2 Å². The van der Waals surface area contributed by atoms with E-state index in [0.717, 1.165) is 28.4 Å². The number of anilines is 5. The maximum atomic E-state index is 3.82. The van der Waals surface area contributed by atoms with Gasteiger partial charge in [-0.2, -0.15) is 0 Å². The molecule has 0 radical (unpaired) electrons. The van der Waals surface area contributed by atoms with Crippen molar-refractivity contribution in [1.82, 2.24) is 0 Å². The number of nitrogens with one attached hydrogen (secondary N) is 1. The Labute approximate surface area is 395 Å². The minimum absolute atomic E-state index is 0.0972. The molecule has 0 saturated carbocycles. The fourth-order valence-electron chi connectivity index (χ4n) is 10.7. The molecule has 0 saturated heterocycles. The molecule has 11 aromatic carbocycles. The largest absolute Gasteiger partial charge is 0.355 e. The van der Waals surface area contributed by atoms with Crippen LogP contribution in [-0.4, -0.2) is 0 Å². The van der Waals surface area contributed by atoms with Crippen molar-refractivity contribution < 1.29 is 0 Å². The van der Waals surface area contributed by atoms with Crippen LogP contribution in [0.25, 0.3) is 43.1 Å². The van der Waals surface area contributed by atoms with Crippen molar-refractivity contribution >= 4 is 71.5 Å². The average Bonchev–Trinajstić information content (AvgIpc) is 3.37. The minimum Gasteiger partial charge on any atom is -0.355 e. The van der Waals surface area contributed by atoms with Crippen LogP contribution in [0.3, 0.4) is 0 Å². The molecule has 0 aliphatic heterocycles. The van der Waals surface area contributed by atoms with Crippen LogP contribution in [0.1, 0.15) is 74.9 Å². The Hall–Kier alpha value is -7.68. The van der Waals surface area contributed by atoms with Gasteiger partial charge in [0.05, 0.1) is 5.69 Å². The van der Waals surface area contributed by atoms with Gasteiger partial charge in [-0.15, -0.1) is 0 Å². The molecule has 0 bridgehead atoms. The molecular formula is C65H56N2. The zero-order chi connectivity index (χ0) is 45.9. The highest BCUT2D eigenvalue weighted by Crippen LogP contribution is 2.48. The summed E-state index contributed by atoms with van der Waals surface area (Å²) in [6.07, 6.45) is 0. The topological polar surface area (TPSA) is 15.3 Å². The third-order valence-electron chi connectivity index (χ3n) is 14.9. The third kappa shape index (κ3) is 7.20. The lowest BCUT2D eigenvalue weighted by molar-refractivity contribution is 0.640. The van der Waals surface area contributed by atoms with Crippen LogP contribution in [0.5, 0.6) is 0 Å². The van der Waals surface area contributed by atoms with E-state index in [0.29, 0.717) is 0 Å². The number of nitrogens with zero attached hydrogens (tertiary/aromatic N) is 1. The lowest BCUT2D eigenvalue weighted by Gasteiger charge is -2.31. The summed E-state index contributed by atoms with van der Waals surface area (Å²) >= 11 is 0. The molecule has 0 amide bonds. The first kappa shape index (κ1) is 42.0. The summed E-state index contributed by atoms with van der Waals surface area (Å²) in [4.78, 5) is 2.46. The van der Waals surface area contributed by atoms with Gasteiger partial charge in [-0.1, -0.05) is 217 Å². The molecule has 0 aliphatic rings. The van der Waals surface area contributed by atoms with Crippen molar-refractivity contribution in [1.29, 1.82) is 0 Å². The second-order valence-electron chi connectivity index (χ2n) is 19.9. The van der Waals surface area contributed by atoms with Crippen LogP contribution >= 0.6 is 0 Å². The smallest absolute Gasteiger partial charge is 0.0540 e. The molecule has 11 rings (SSSR count). The van der Waals surface area contributed by atoms with E-state index in [9.17, 15) is 0 Å². The lowest BCUT2D eigenvalue weighted by atomic mass is 9.78. The van der Waals surface area contributed by atoms with Gasteiger partial charge in [0, 0.05) is 49.8 Å². The number of hydrogen-bond donors (Lipinski definition) is 1. The SMILES string of the molecule is CC(C)(c1ccccc1)c1ccc(Nc2ccc3c4cccc5c(N(c6ccc(C(C)(C)c7ccccc7)cc6)c6ccc(C(C)(C)c7ccccc7)cc6)ccc(c6cccc2c36)c54)cc1. The molecule has 0 fully saturated rings. The van der Waals surface area contributed by atoms with E-state index in [-0.39, 0.29) is 16.2 Å². The molecule has 2 nitrogen and oxygen atoms in total. The molecule has 0 spiro atoms. The molecule has 67 heavy (non-hydrogen) atoms. The van der Waals surface area contributed by atoms with E-state index in [1.54, 1.807) is 0 Å². The van der Waals surface area contributed by atoms with Crippen molar-refractivity contribution in [3.05, 3.63) is 258 Å². The van der Waals surface area contributed by atoms with Crippen molar-refractivity contribution in [2.45, 2.75) is 57.8 Å². The van der Waals surface area contributed by atoms with E-state index < -0.39 is 0 Å². The Kier molecular flexibility index (Phi) is 10.2. The summed E-state index contributed by atoms with van der Waals surface area (Å²) in [5.74, 6) is 0. The van der Waals surface area contributed by atoms with Gasteiger partial charge in [-0.3, -0.25) is 0 Å². The average molecular weight is 865 g/mol. The normalized spacial score (nSPS) is 12.3. The van der Waals surface area contributed by atoms with E-state index in [1.165, 1.54) is 76.5 Å². The minimum atomic E-state index is -0.149. The predicted octanol–water partition coefficient (Wildman–Crippen LogP) is 17.9. The van der Waals surface area contributed by atoms with Crippen LogP contribution < -0.4 is 10.2 Å². The molecule has 0 aromatic heterocycles. The van der Waals surface area contributed by atoms with Gasteiger partial charge in [0.1, 0.15) is 0 Å². The van der Waals surface area contributed by atoms with Crippen molar-refractivity contribution in [3.8, 4) is 0 Å². The van der Waals surface area contributed by atoms with Gasteiger partial charge in [0.25, 0.3) is 0 Å². The fraction of sp³-hybridized carbons (Fsp3) is 0.138. The van der Waals surface area contributed by atoms with E-state index in [2.05, 4.69) is 276 Å². The number of fused-ring (bicyclic) bond motifs is 2. The highest BCUT2D eigenvalue weighted by molar-refractivity contribution is 6.35. The van der Waals surface area contributed by atoms with E-state index >= 15 is 0 Å². The molecule has 0 unspecified atom stereocenters. The van der Waals surface area contributed by atoms with Gasteiger partial charge in [-0.05, 0) is 114 Å². The number of hydrogen-bond acceptors (Lipinski definition) is 2. The first-order valence-electron chi connectivity index (χ1n) is 23.7.